The number of hydrogen-bond acceptors (Lipinski definition) is 4. The number of H-pyrrole nitrogens is 1. The zero-order valence-corrected chi connectivity index (χ0v) is 18.2. The molecule has 31 heavy (non-hydrogen) atoms. The van der Waals surface area contributed by atoms with E-state index in [0.29, 0.717) is 42.6 Å². The van der Waals surface area contributed by atoms with Gasteiger partial charge >= 0.3 is 0 Å². The summed E-state index contributed by atoms with van der Waals surface area (Å²) in [4.78, 5) is 35.7. The summed E-state index contributed by atoms with van der Waals surface area (Å²) in [5, 5.41) is 4.54. The monoisotopic (exact) mass is 420 g/mol. The summed E-state index contributed by atoms with van der Waals surface area (Å²) >= 11 is 0. The van der Waals surface area contributed by atoms with Crippen LogP contribution in [0, 0.1) is 11.8 Å². The number of nitrogens with one attached hydrogen (secondary N) is 1. The van der Waals surface area contributed by atoms with E-state index in [0.717, 1.165) is 24.2 Å². The van der Waals surface area contributed by atoms with Crippen molar-refractivity contribution in [2.75, 3.05) is 13.1 Å². The Hall–Kier alpha value is -3.16. The summed E-state index contributed by atoms with van der Waals surface area (Å²) in [6.07, 6.45) is 5.25. The van der Waals surface area contributed by atoms with Gasteiger partial charge in [0.2, 0.25) is 0 Å². The molecule has 8 nitrogen and oxygen atoms in total. The Bertz CT molecular complexity index is 1170. The fraction of sp³-hybridized carbons (Fsp3) is 0.478. The average molecular weight is 421 g/mol. The third kappa shape index (κ3) is 3.49. The van der Waals surface area contributed by atoms with Gasteiger partial charge in [-0.25, -0.2) is 4.98 Å². The number of likely N-dealkylation sites (tertiary alicyclic amines) is 1. The third-order valence-corrected chi connectivity index (χ3v) is 6.41. The van der Waals surface area contributed by atoms with Crippen molar-refractivity contribution in [1.29, 1.82) is 0 Å². The van der Waals surface area contributed by atoms with Gasteiger partial charge in [-0.1, -0.05) is 13.8 Å². The Morgan fingerprint density at radius 1 is 1.26 bits per heavy atom. The Kier molecular flexibility index (Phi) is 4.79. The highest BCUT2D eigenvalue weighted by atomic mass is 16.2. The molecular weight excluding hydrogens is 392 g/mol. The number of nitrogens with zero attached hydrogens (tertiary/aromatic N) is 5. The normalized spacial score (nSPS) is 20.2. The Balaban J connectivity index is 1.41. The largest absolute Gasteiger partial charge is 0.344 e. The number of rotatable bonds is 4. The first-order chi connectivity index (χ1) is 14.9. The van der Waals surface area contributed by atoms with Crippen molar-refractivity contribution in [2.45, 2.75) is 39.2 Å². The molecule has 1 amide bonds. The zero-order chi connectivity index (χ0) is 21.7. The maximum atomic E-state index is 13.3. The van der Waals surface area contributed by atoms with E-state index in [4.69, 9.17) is 0 Å². The number of imidazole rings is 1. The van der Waals surface area contributed by atoms with Gasteiger partial charge in [-0.2, -0.15) is 5.10 Å². The minimum Gasteiger partial charge on any atom is -0.344 e. The minimum atomic E-state index is -0.00751. The maximum Gasteiger partial charge on any atom is 0.272 e. The fourth-order valence-electron chi connectivity index (χ4n) is 5.11. The van der Waals surface area contributed by atoms with Gasteiger partial charge in [0, 0.05) is 50.7 Å². The molecule has 3 aromatic rings. The molecule has 5 rings (SSSR count). The quantitative estimate of drug-likeness (QED) is 0.702. The van der Waals surface area contributed by atoms with Crippen molar-refractivity contribution in [1.82, 2.24) is 29.2 Å². The van der Waals surface area contributed by atoms with E-state index in [-0.39, 0.29) is 23.3 Å². The number of carbonyl (C=O) groups is 1. The fourth-order valence-corrected chi connectivity index (χ4v) is 5.11. The molecule has 1 N–H and O–H groups in total. The second-order valence-corrected chi connectivity index (χ2v) is 9.28. The number of piperidine rings is 1. The van der Waals surface area contributed by atoms with Crippen LogP contribution >= 0.6 is 0 Å². The Morgan fingerprint density at radius 2 is 2.10 bits per heavy atom. The lowest BCUT2D eigenvalue weighted by Gasteiger charge is -2.42. The summed E-state index contributed by atoms with van der Waals surface area (Å²) in [6.45, 7) is 6.22. The first kappa shape index (κ1) is 19.8. The van der Waals surface area contributed by atoms with E-state index in [1.807, 2.05) is 34.7 Å². The predicted molar refractivity (Wildman–Crippen MR) is 117 cm³/mol. The van der Waals surface area contributed by atoms with Crippen LogP contribution in [-0.2, 0) is 20.0 Å². The topological polar surface area (TPSA) is 88.8 Å². The van der Waals surface area contributed by atoms with Crippen molar-refractivity contribution < 1.29 is 4.79 Å². The summed E-state index contributed by atoms with van der Waals surface area (Å²) in [5.74, 6) is 1.55. The lowest BCUT2D eigenvalue weighted by atomic mass is 9.82. The molecule has 0 saturated carbocycles. The maximum absolute atomic E-state index is 13.3. The van der Waals surface area contributed by atoms with Crippen LogP contribution in [0.3, 0.4) is 0 Å². The number of aromatic amines is 1. The molecule has 1 fully saturated rings. The van der Waals surface area contributed by atoms with Gasteiger partial charge in [0.15, 0.2) is 0 Å². The smallest absolute Gasteiger partial charge is 0.272 e. The predicted octanol–water partition coefficient (Wildman–Crippen LogP) is 2.43. The van der Waals surface area contributed by atoms with E-state index in [9.17, 15) is 9.59 Å². The Labute approximate surface area is 180 Å². The van der Waals surface area contributed by atoms with Gasteiger partial charge in [-0.05, 0) is 42.9 Å². The van der Waals surface area contributed by atoms with Crippen LogP contribution in [0.2, 0.25) is 0 Å². The standard InChI is InChI=1S/C23H28N6O2/c1-14(2)8-17-10-20(27(3)26-17)23(31)28-11-15-9-16(13-28)19-5-4-18(21-24-6-7-25-21)22(30)29(19)12-15/h4-7,10,14-16H,8-9,11-13H2,1-3H3,(H,24,25)/t15-,16+/m0/s1. The van der Waals surface area contributed by atoms with E-state index in [2.05, 4.69) is 28.9 Å². The van der Waals surface area contributed by atoms with Crippen LogP contribution < -0.4 is 5.56 Å². The van der Waals surface area contributed by atoms with Crippen LogP contribution in [0.4, 0.5) is 0 Å². The average Bonchev–Trinajstić information content (AvgIpc) is 3.37. The number of aromatic nitrogens is 5. The second-order valence-electron chi connectivity index (χ2n) is 9.28. The second kappa shape index (κ2) is 7.51. The molecule has 0 radical (unpaired) electrons. The molecule has 1 saturated heterocycles. The molecule has 0 aromatic carbocycles. The molecule has 2 aliphatic rings. The molecule has 0 aliphatic carbocycles. The van der Waals surface area contributed by atoms with Gasteiger partial charge in [-0.3, -0.25) is 14.3 Å². The molecular formula is C23H28N6O2. The highest BCUT2D eigenvalue weighted by Gasteiger charge is 2.37. The number of aryl methyl sites for hydroxylation is 1. The van der Waals surface area contributed by atoms with Gasteiger partial charge < -0.3 is 14.5 Å². The SMILES string of the molecule is CC(C)Cc1cc(C(=O)N2C[C@@H]3C[C@H](C2)c2ccc(-c4ncc[nH]4)c(=O)n2C3)n(C)n1. The van der Waals surface area contributed by atoms with Crippen LogP contribution in [0.5, 0.6) is 0 Å². The number of pyridine rings is 1. The zero-order valence-electron chi connectivity index (χ0n) is 18.2. The highest BCUT2D eigenvalue weighted by Crippen LogP contribution is 2.36. The summed E-state index contributed by atoms with van der Waals surface area (Å²) in [5.41, 5.74) is 3.20. The van der Waals surface area contributed by atoms with E-state index < -0.39 is 0 Å². The molecule has 2 aliphatic heterocycles. The van der Waals surface area contributed by atoms with Crippen LogP contribution in [-0.4, -0.2) is 48.2 Å². The summed E-state index contributed by atoms with van der Waals surface area (Å²) in [6, 6.07) is 5.81. The number of hydrogen-bond donors (Lipinski definition) is 1. The molecule has 0 unspecified atom stereocenters. The molecule has 2 atom stereocenters. The third-order valence-electron chi connectivity index (χ3n) is 6.41. The van der Waals surface area contributed by atoms with Crippen molar-refractivity contribution in [3.05, 3.63) is 58.0 Å². The molecule has 3 aromatic heterocycles. The van der Waals surface area contributed by atoms with Crippen LogP contribution in [0.25, 0.3) is 11.4 Å². The minimum absolute atomic E-state index is 0.00751. The van der Waals surface area contributed by atoms with Gasteiger partial charge in [0.1, 0.15) is 11.5 Å². The van der Waals surface area contributed by atoms with Crippen molar-refractivity contribution >= 4 is 5.91 Å². The Morgan fingerprint density at radius 3 is 2.84 bits per heavy atom. The first-order valence-electron chi connectivity index (χ1n) is 11.0. The van der Waals surface area contributed by atoms with Gasteiger partial charge in [0.05, 0.1) is 11.3 Å². The molecule has 8 heteroatoms. The first-order valence-corrected chi connectivity index (χ1v) is 11.0. The van der Waals surface area contributed by atoms with Crippen molar-refractivity contribution in [2.24, 2.45) is 18.9 Å². The summed E-state index contributed by atoms with van der Waals surface area (Å²) < 4.78 is 3.60. The molecule has 2 bridgehead atoms. The van der Waals surface area contributed by atoms with Crippen LogP contribution in [0.15, 0.2) is 35.4 Å². The van der Waals surface area contributed by atoms with E-state index >= 15 is 0 Å². The van der Waals surface area contributed by atoms with Gasteiger partial charge in [-0.15, -0.1) is 0 Å². The van der Waals surface area contributed by atoms with Crippen LogP contribution in [0.1, 0.15) is 48.1 Å². The molecule has 162 valence electrons. The lowest BCUT2D eigenvalue weighted by Crippen LogP contribution is -2.49. The van der Waals surface area contributed by atoms with Crippen molar-refractivity contribution in [3.8, 4) is 11.4 Å². The molecule has 5 heterocycles. The number of carbonyl (C=O) groups excluding carboxylic acids is 1. The summed E-state index contributed by atoms with van der Waals surface area (Å²) in [7, 11) is 1.84. The van der Waals surface area contributed by atoms with Gasteiger partial charge in [0.25, 0.3) is 11.5 Å². The highest BCUT2D eigenvalue weighted by molar-refractivity contribution is 5.92. The molecule has 0 spiro atoms. The van der Waals surface area contributed by atoms with Crippen molar-refractivity contribution in [3.63, 3.8) is 0 Å². The van der Waals surface area contributed by atoms with E-state index in [1.54, 1.807) is 17.1 Å². The number of amides is 1. The van der Waals surface area contributed by atoms with E-state index in [1.165, 1.54) is 0 Å². The number of fused-ring (bicyclic) bond motifs is 4. The lowest BCUT2D eigenvalue weighted by molar-refractivity contribution is 0.0584.